The van der Waals surface area contributed by atoms with E-state index in [0.29, 0.717) is 17.7 Å². The van der Waals surface area contributed by atoms with E-state index in [1.807, 2.05) is 30.3 Å². The summed E-state index contributed by atoms with van der Waals surface area (Å²) in [6.45, 7) is 0.231. The van der Waals surface area contributed by atoms with Crippen LogP contribution in [-0.4, -0.2) is 29.1 Å². The first kappa shape index (κ1) is 14.2. The van der Waals surface area contributed by atoms with Crippen LogP contribution in [0.15, 0.2) is 54.6 Å². The Morgan fingerprint density at radius 1 is 0.958 bits per heavy atom. The number of ketones is 1. The van der Waals surface area contributed by atoms with Crippen molar-refractivity contribution in [3.8, 4) is 5.75 Å². The van der Waals surface area contributed by atoms with Gasteiger partial charge in [-0.15, -0.1) is 0 Å². The number of carbonyl (C=O) groups is 1. The maximum Gasteiger partial charge on any atom is 0.366 e. The van der Waals surface area contributed by atoms with Gasteiger partial charge in [0.15, 0.2) is 0 Å². The Morgan fingerprint density at radius 2 is 1.71 bits per heavy atom. The number of carbonyl (C=O) groups excluding carboxylic acids is 1. The first-order chi connectivity index (χ1) is 11.6. The number of hydrogen-bond donors (Lipinski definition) is 1. The van der Waals surface area contributed by atoms with Crippen molar-refractivity contribution in [1.82, 2.24) is 0 Å². The van der Waals surface area contributed by atoms with Crippen molar-refractivity contribution in [2.45, 2.75) is 30.0 Å². The molecular formula is C19H16O5. The molecule has 2 aromatic rings. The number of para-hydroxylation sites is 1. The first-order valence-corrected chi connectivity index (χ1v) is 8.04. The summed E-state index contributed by atoms with van der Waals surface area (Å²) in [6, 6.07) is 16.6. The molecular weight excluding hydrogens is 308 g/mol. The zero-order valence-electron chi connectivity index (χ0n) is 12.9. The predicted octanol–water partition coefficient (Wildman–Crippen LogP) is 2.38. The lowest BCUT2D eigenvalue weighted by atomic mass is 9.77. The molecule has 1 N–H and O–H groups in total. The average molecular weight is 324 g/mol. The van der Waals surface area contributed by atoms with Gasteiger partial charge in [-0.1, -0.05) is 42.5 Å². The van der Waals surface area contributed by atoms with Gasteiger partial charge in [0, 0.05) is 0 Å². The lowest BCUT2D eigenvalue weighted by molar-refractivity contribution is -0.386. The number of fused-ring (bicyclic) bond motifs is 2. The number of hydrogen-bond acceptors (Lipinski definition) is 5. The minimum atomic E-state index is -1.84. The van der Waals surface area contributed by atoms with Gasteiger partial charge < -0.3 is 19.3 Å². The number of ether oxygens (including phenoxy) is 3. The van der Waals surface area contributed by atoms with E-state index in [9.17, 15) is 9.90 Å². The van der Waals surface area contributed by atoms with Gasteiger partial charge in [-0.2, -0.15) is 0 Å². The van der Waals surface area contributed by atoms with Crippen molar-refractivity contribution >= 4 is 5.78 Å². The molecule has 3 aliphatic rings. The average Bonchev–Trinajstić information content (AvgIpc) is 2.95. The van der Waals surface area contributed by atoms with Crippen LogP contribution in [0.25, 0.3) is 0 Å². The highest BCUT2D eigenvalue weighted by Crippen LogP contribution is 2.56. The third-order valence-corrected chi connectivity index (χ3v) is 5.27. The van der Waals surface area contributed by atoms with Gasteiger partial charge in [0.1, 0.15) is 11.4 Å². The second kappa shape index (κ2) is 4.45. The molecule has 3 heterocycles. The number of aliphatic hydroxyl groups is 1. The van der Waals surface area contributed by atoms with Crippen LogP contribution in [0.4, 0.5) is 0 Å². The molecule has 0 saturated carbocycles. The number of Topliss-reactive ketones (excluding diaryl/α,β-unsaturated/α-hetero) is 1. The van der Waals surface area contributed by atoms with E-state index in [1.54, 1.807) is 24.3 Å². The van der Waals surface area contributed by atoms with Crippen LogP contribution < -0.4 is 4.74 Å². The first-order valence-electron chi connectivity index (χ1n) is 8.04. The summed E-state index contributed by atoms with van der Waals surface area (Å²) in [5.41, 5.74) is -1.23. The van der Waals surface area contributed by atoms with Crippen LogP contribution >= 0.6 is 0 Å². The molecule has 0 unspecified atom stereocenters. The Labute approximate surface area is 138 Å². The van der Waals surface area contributed by atoms with Crippen LogP contribution in [0.3, 0.4) is 0 Å². The molecule has 1 spiro atoms. The lowest BCUT2D eigenvalue weighted by Crippen LogP contribution is -2.68. The molecule has 0 amide bonds. The van der Waals surface area contributed by atoms with Crippen molar-refractivity contribution in [3.63, 3.8) is 0 Å². The summed E-state index contributed by atoms with van der Waals surface area (Å²) >= 11 is 0. The van der Waals surface area contributed by atoms with Crippen molar-refractivity contribution in [1.29, 1.82) is 0 Å². The summed E-state index contributed by atoms with van der Waals surface area (Å²) in [5, 5.41) is 11.1. The third kappa shape index (κ3) is 1.57. The zero-order chi connectivity index (χ0) is 16.4. The molecule has 24 heavy (non-hydrogen) atoms. The molecule has 0 radical (unpaired) electrons. The lowest BCUT2D eigenvalue weighted by Gasteiger charge is -2.48. The Bertz CT molecular complexity index is 835. The van der Waals surface area contributed by atoms with E-state index >= 15 is 0 Å². The van der Waals surface area contributed by atoms with Crippen LogP contribution in [0.5, 0.6) is 5.75 Å². The fraction of sp³-hybridized carbons (Fsp3) is 0.316. The fourth-order valence-corrected chi connectivity index (χ4v) is 3.92. The van der Waals surface area contributed by atoms with Crippen LogP contribution in [0.1, 0.15) is 28.8 Å². The molecule has 5 heteroatoms. The molecule has 122 valence electrons. The van der Waals surface area contributed by atoms with Gasteiger partial charge in [0.25, 0.3) is 0 Å². The van der Waals surface area contributed by atoms with Crippen LogP contribution in [0.2, 0.25) is 0 Å². The number of rotatable bonds is 1. The maximum atomic E-state index is 12.9. The minimum Gasteiger partial charge on any atom is -0.436 e. The Kier molecular flexibility index (Phi) is 2.62. The van der Waals surface area contributed by atoms with E-state index in [0.717, 1.165) is 5.56 Å². The highest BCUT2D eigenvalue weighted by molar-refractivity contribution is 6.06. The quantitative estimate of drug-likeness (QED) is 0.872. The van der Waals surface area contributed by atoms with Crippen LogP contribution in [0, 0.1) is 0 Å². The SMILES string of the molecule is O=C1c2ccccc2O[C@@]23OC[C@@](c4ccccc4)(CC[C@]12O)O3. The highest BCUT2D eigenvalue weighted by Gasteiger charge is 2.73. The van der Waals surface area contributed by atoms with E-state index < -0.39 is 23.0 Å². The van der Waals surface area contributed by atoms with Gasteiger partial charge in [-0.05, 0) is 30.5 Å². The topological polar surface area (TPSA) is 65.0 Å². The molecule has 2 aromatic carbocycles. The summed E-state index contributed by atoms with van der Waals surface area (Å²) in [7, 11) is 0. The molecule has 2 saturated heterocycles. The van der Waals surface area contributed by atoms with E-state index in [2.05, 4.69) is 0 Å². The highest BCUT2D eigenvalue weighted by atomic mass is 16.9. The largest absolute Gasteiger partial charge is 0.436 e. The molecule has 2 fully saturated rings. The number of benzene rings is 2. The molecule has 5 nitrogen and oxygen atoms in total. The van der Waals surface area contributed by atoms with Crippen LogP contribution in [-0.2, 0) is 15.1 Å². The molecule has 0 aromatic heterocycles. The summed E-state index contributed by atoms with van der Waals surface area (Å²) in [4.78, 5) is 12.9. The van der Waals surface area contributed by atoms with Crippen molar-refractivity contribution < 1.29 is 24.1 Å². The van der Waals surface area contributed by atoms with Crippen molar-refractivity contribution in [2.75, 3.05) is 6.61 Å². The van der Waals surface area contributed by atoms with E-state index in [-0.39, 0.29) is 13.0 Å². The second-order valence-electron chi connectivity index (χ2n) is 6.59. The molecule has 0 aliphatic carbocycles. The predicted molar refractivity (Wildman–Crippen MR) is 83.5 cm³/mol. The molecule has 5 rings (SSSR count). The summed E-state index contributed by atoms with van der Waals surface area (Å²) in [6.07, 6.45) is 0.696. The monoisotopic (exact) mass is 324 g/mol. The Morgan fingerprint density at radius 3 is 2.54 bits per heavy atom. The van der Waals surface area contributed by atoms with Crippen molar-refractivity contribution in [2.24, 2.45) is 0 Å². The van der Waals surface area contributed by atoms with Gasteiger partial charge in [-0.25, -0.2) is 0 Å². The van der Waals surface area contributed by atoms with Gasteiger partial charge in [-0.3, -0.25) is 4.79 Å². The standard InChI is InChI=1S/C19H16O5/c20-16-14-8-4-5-9-15(14)23-19-18(16,21)11-10-17(24-19,12-22-19)13-6-2-1-3-7-13/h1-9,21H,10-12H2/t17-,18+,19+/m1/s1. The van der Waals surface area contributed by atoms with Gasteiger partial charge in [0.05, 0.1) is 12.2 Å². The molecule has 2 bridgehead atoms. The van der Waals surface area contributed by atoms with E-state index in [1.165, 1.54) is 0 Å². The summed E-state index contributed by atoms with van der Waals surface area (Å²) < 4.78 is 17.9. The smallest absolute Gasteiger partial charge is 0.366 e. The molecule has 3 atom stereocenters. The van der Waals surface area contributed by atoms with Gasteiger partial charge in [0.2, 0.25) is 11.4 Å². The fourth-order valence-electron chi connectivity index (χ4n) is 3.92. The zero-order valence-corrected chi connectivity index (χ0v) is 12.9. The second-order valence-corrected chi connectivity index (χ2v) is 6.59. The Hall–Kier alpha value is -2.21. The third-order valence-electron chi connectivity index (χ3n) is 5.27. The van der Waals surface area contributed by atoms with Crippen molar-refractivity contribution in [3.05, 3.63) is 65.7 Å². The maximum absolute atomic E-state index is 12.9. The minimum absolute atomic E-state index is 0.217. The van der Waals surface area contributed by atoms with E-state index in [4.69, 9.17) is 14.2 Å². The normalized spacial score (nSPS) is 36.6. The summed E-state index contributed by atoms with van der Waals surface area (Å²) in [5.74, 6) is -1.82. The van der Waals surface area contributed by atoms with Gasteiger partial charge >= 0.3 is 5.97 Å². The molecule has 3 aliphatic heterocycles. The Balaban J connectivity index is 1.64.